The Morgan fingerprint density at radius 3 is 2.83 bits per heavy atom. The highest BCUT2D eigenvalue weighted by Crippen LogP contribution is 2.37. The number of amides is 1. The van der Waals surface area contributed by atoms with E-state index in [0.717, 1.165) is 27.9 Å². The molecule has 1 unspecified atom stereocenters. The molecule has 2 aromatic carbocycles. The molecule has 6 nitrogen and oxygen atoms in total. The molecule has 2 aromatic heterocycles. The molecule has 1 aliphatic rings. The molecule has 0 spiro atoms. The second-order valence-electron chi connectivity index (χ2n) is 7.35. The van der Waals surface area contributed by atoms with Crippen molar-refractivity contribution in [1.29, 1.82) is 0 Å². The Kier molecular flexibility index (Phi) is 4.05. The zero-order chi connectivity index (χ0) is 20.0. The van der Waals surface area contributed by atoms with Gasteiger partial charge in [0.2, 0.25) is 0 Å². The van der Waals surface area contributed by atoms with Crippen molar-refractivity contribution < 1.29 is 9.21 Å². The van der Waals surface area contributed by atoms with Crippen LogP contribution < -0.4 is 5.76 Å². The van der Waals surface area contributed by atoms with E-state index in [2.05, 4.69) is 9.97 Å². The number of nitrogens with zero attached hydrogens (tertiary/aromatic N) is 2. The second-order valence-corrected chi connectivity index (χ2v) is 7.35. The van der Waals surface area contributed by atoms with E-state index in [1.807, 2.05) is 60.4 Å². The van der Waals surface area contributed by atoms with E-state index >= 15 is 0 Å². The van der Waals surface area contributed by atoms with Gasteiger partial charge >= 0.3 is 5.76 Å². The van der Waals surface area contributed by atoms with Gasteiger partial charge < -0.3 is 9.32 Å². The van der Waals surface area contributed by atoms with Crippen molar-refractivity contribution in [2.45, 2.75) is 25.9 Å². The van der Waals surface area contributed by atoms with Crippen LogP contribution in [-0.4, -0.2) is 20.8 Å². The molecule has 5 rings (SSSR count). The van der Waals surface area contributed by atoms with Crippen LogP contribution in [0.1, 0.15) is 38.8 Å². The Hall–Kier alpha value is -3.67. The monoisotopic (exact) mass is 385 g/mol. The summed E-state index contributed by atoms with van der Waals surface area (Å²) < 4.78 is 5.18. The predicted octanol–water partition coefficient (Wildman–Crippen LogP) is 3.76. The number of rotatable bonds is 4. The molecule has 0 saturated heterocycles. The van der Waals surface area contributed by atoms with Crippen LogP contribution in [0.3, 0.4) is 0 Å². The molecule has 0 radical (unpaired) electrons. The molecule has 1 aliphatic heterocycles. The fourth-order valence-electron chi connectivity index (χ4n) is 4.05. The first-order chi connectivity index (χ1) is 14.1. The summed E-state index contributed by atoms with van der Waals surface area (Å²) in [5.74, 6) is -0.472. The summed E-state index contributed by atoms with van der Waals surface area (Å²) in [6.45, 7) is 2.46. The van der Waals surface area contributed by atoms with Crippen LogP contribution in [0.15, 0.2) is 70.0 Å². The SMILES string of the molecule is Cc1cccnc1CC1c2ccccc2C(=O)N1Cc1ccc2[nH]c(=O)oc2c1. The average Bonchev–Trinajstić information content (AvgIpc) is 3.21. The Labute approximate surface area is 166 Å². The molecule has 1 atom stereocenters. The number of H-pyrrole nitrogens is 1. The third-order valence-corrected chi connectivity index (χ3v) is 5.53. The van der Waals surface area contributed by atoms with Crippen molar-refractivity contribution in [3.63, 3.8) is 0 Å². The number of pyridine rings is 1. The zero-order valence-corrected chi connectivity index (χ0v) is 15.9. The van der Waals surface area contributed by atoms with E-state index in [0.29, 0.717) is 24.1 Å². The highest BCUT2D eigenvalue weighted by Gasteiger charge is 2.36. The standard InChI is InChI=1S/C23H19N3O3/c1-14-5-4-10-24-19(14)12-20-16-6-2-3-7-17(16)22(27)26(20)13-15-8-9-18-21(11-15)29-23(28)25-18/h2-11,20H,12-13H2,1H3,(H,25,28). The van der Waals surface area contributed by atoms with Crippen LogP contribution in [0, 0.1) is 6.92 Å². The lowest BCUT2D eigenvalue weighted by molar-refractivity contribution is 0.0708. The van der Waals surface area contributed by atoms with Crippen molar-refractivity contribution in [2.75, 3.05) is 0 Å². The van der Waals surface area contributed by atoms with E-state index in [4.69, 9.17) is 4.42 Å². The van der Waals surface area contributed by atoms with Gasteiger partial charge in [0, 0.05) is 30.4 Å². The lowest BCUT2D eigenvalue weighted by atomic mass is 9.98. The molecule has 0 saturated carbocycles. The normalized spacial score (nSPS) is 15.8. The number of nitrogens with one attached hydrogen (secondary N) is 1. The number of oxazole rings is 1. The highest BCUT2D eigenvalue weighted by atomic mass is 16.4. The number of hydrogen-bond acceptors (Lipinski definition) is 4. The van der Waals surface area contributed by atoms with Crippen molar-refractivity contribution in [2.24, 2.45) is 0 Å². The summed E-state index contributed by atoms with van der Waals surface area (Å²) in [4.78, 5) is 33.7. The number of fused-ring (bicyclic) bond motifs is 2. The zero-order valence-electron chi connectivity index (χ0n) is 15.9. The minimum Gasteiger partial charge on any atom is -0.408 e. The van der Waals surface area contributed by atoms with Gasteiger partial charge in [-0.3, -0.25) is 14.8 Å². The third-order valence-electron chi connectivity index (χ3n) is 5.53. The Bertz CT molecular complexity index is 1290. The molecule has 6 heteroatoms. The largest absolute Gasteiger partial charge is 0.417 e. The van der Waals surface area contributed by atoms with Crippen molar-refractivity contribution >= 4 is 17.0 Å². The van der Waals surface area contributed by atoms with Gasteiger partial charge in [-0.2, -0.15) is 0 Å². The number of carbonyl (C=O) groups is 1. The van der Waals surface area contributed by atoms with Crippen LogP contribution in [-0.2, 0) is 13.0 Å². The summed E-state index contributed by atoms with van der Waals surface area (Å²) in [5, 5.41) is 0. The molecule has 29 heavy (non-hydrogen) atoms. The average molecular weight is 385 g/mol. The lowest BCUT2D eigenvalue weighted by Gasteiger charge is -2.26. The van der Waals surface area contributed by atoms with Gasteiger partial charge in [0.1, 0.15) is 0 Å². The van der Waals surface area contributed by atoms with Gasteiger partial charge in [-0.05, 0) is 47.9 Å². The van der Waals surface area contributed by atoms with Crippen LogP contribution in [0.2, 0.25) is 0 Å². The van der Waals surface area contributed by atoms with Crippen molar-refractivity contribution in [3.05, 3.63) is 99.3 Å². The number of aryl methyl sites for hydroxylation is 1. The second kappa shape index (κ2) is 6.74. The highest BCUT2D eigenvalue weighted by molar-refractivity contribution is 5.99. The van der Waals surface area contributed by atoms with Gasteiger partial charge in [0.05, 0.1) is 11.6 Å². The van der Waals surface area contributed by atoms with E-state index in [-0.39, 0.29) is 11.9 Å². The van der Waals surface area contributed by atoms with Gasteiger partial charge in [-0.25, -0.2) is 4.79 Å². The summed E-state index contributed by atoms with van der Waals surface area (Å²) in [5.41, 5.74) is 5.91. The van der Waals surface area contributed by atoms with Gasteiger partial charge in [-0.15, -0.1) is 0 Å². The van der Waals surface area contributed by atoms with Crippen molar-refractivity contribution in [3.8, 4) is 0 Å². The van der Waals surface area contributed by atoms with Gasteiger partial charge in [-0.1, -0.05) is 30.3 Å². The maximum atomic E-state index is 13.2. The summed E-state index contributed by atoms with van der Waals surface area (Å²) in [7, 11) is 0. The molecule has 0 aliphatic carbocycles. The minimum absolute atomic E-state index is 0.00908. The summed E-state index contributed by atoms with van der Waals surface area (Å²) in [6.07, 6.45) is 2.44. The van der Waals surface area contributed by atoms with Gasteiger partial charge in [0.25, 0.3) is 5.91 Å². The molecule has 3 heterocycles. The molecular weight excluding hydrogens is 366 g/mol. The number of hydrogen-bond donors (Lipinski definition) is 1. The summed E-state index contributed by atoms with van der Waals surface area (Å²) in [6, 6.07) is 17.1. The number of aromatic nitrogens is 2. The summed E-state index contributed by atoms with van der Waals surface area (Å²) >= 11 is 0. The maximum absolute atomic E-state index is 13.2. The predicted molar refractivity (Wildman–Crippen MR) is 109 cm³/mol. The van der Waals surface area contributed by atoms with Crippen LogP contribution in [0.4, 0.5) is 0 Å². The van der Waals surface area contributed by atoms with Gasteiger partial charge in [0.15, 0.2) is 5.58 Å². The number of carbonyl (C=O) groups excluding carboxylic acids is 1. The van der Waals surface area contributed by atoms with Crippen molar-refractivity contribution in [1.82, 2.24) is 14.9 Å². The molecule has 144 valence electrons. The third kappa shape index (κ3) is 3.02. The Morgan fingerprint density at radius 2 is 1.97 bits per heavy atom. The maximum Gasteiger partial charge on any atom is 0.417 e. The number of aromatic amines is 1. The Balaban J connectivity index is 1.53. The van der Waals surface area contributed by atoms with E-state index in [1.165, 1.54) is 0 Å². The van der Waals surface area contributed by atoms with E-state index < -0.39 is 5.76 Å². The fourth-order valence-corrected chi connectivity index (χ4v) is 4.05. The quantitative estimate of drug-likeness (QED) is 0.580. The van der Waals surface area contributed by atoms with Crippen LogP contribution in [0.25, 0.3) is 11.1 Å². The molecule has 0 fully saturated rings. The number of benzene rings is 2. The molecule has 1 N–H and O–H groups in total. The minimum atomic E-state index is -0.481. The first kappa shape index (κ1) is 17.4. The Morgan fingerprint density at radius 1 is 1.10 bits per heavy atom. The lowest BCUT2D eigenvalue weighted by Crippen LogP contribution is -2.29. The molecular formula is C23H19N3O3. The van der Waals surface area contributed by atoms with E-state index in [9.17, 15) is 9.59 Å². The smallest absolute Gasteiger partial charge is 0.408 e. The topological polar surface area (TPSA) is 79.2 Å². The van der Waals surface area contributed by atoms with E-state index in [1.54, 1.807) is 12.3 Å². The first-order valence-corrected chi connectivity index (χ1v) is 9.52. The van der Waals surface area contributed by atoms with Crippen LogP contribution in [0.5, 0.6) is 0 Å². The van der Waals surface area contributed by atoms with Crippen LogP contribution >= 0.6 is 0 Å². The molecule has 4 aromatic rings. The fraction of sp³-hybridized carbons (Fsp3) is 0.174. The molecule has 1 amide bonds. The molecule has 0 bridgehead atoms. The first-order valence-electron chi connectivity index (χ1n) is 9.52.